The zero-order valence-electron chi connectivity index (χ0n) is 14.9. The van der Waals surface area contributed by atoms with E-state index in [0.29, 0.717) is 0 Å². The summed E-state index contributed by atoms with van der Waals surface area (Å²) in [5.74, 6) is 0. The maximum absolute atomic E-state index is 3.35. The zero-order valence-corrected chi connectivity index (χ0v) is 17.2. The fourth-order valence-electron chi connectivity index (χ4n) is 3.84. The quantitative estimate of drug-likeness (QED) is 0.528. The van der Waals surface area contributed by atoms with E-state index in [9.17, 15) is 0 Å². The van der Waals surface area contributed by atoms with Crippen LogP contribution in [0.1, 0.15) is 11.1 Å². The van der Waals surface area contributed by atoms with Crippen molar-refractivity contribution in [3.05, 3.63) is 109 Å². The van der Waals surface area contributed by atoms with Crippen molar-refractivity contribution in [1.82, 2.24) is 9.80 Å². The normalized spacial score (nSPS) is 18.1. The number of fused-ring (bicyclic) bond motifs is 6. The summed E-state index contributed by atoms with van der Waals surface area (Å²) in [5, 5.41) is 0. The van der Waals surface area contributed by atoms with Gasteiger partial charge in [0, 0.05) is 18.1 Å². The molecule has 0 radical (unpaired) electrons. The third-order valence-corrected chi connectivity index (χ3v) is 5.09. The van der Waals surface area contributed by atoms with Crippen molar-refractivity contribution in [1.29, 1.82) is 0 Å². The van der Waals surface area contributed by atoms with E-state index in [4.69, 9.17) is 0 Å². The number of nitrogens with zero attached hydrogens (tertiary/aromatic N) is 4. The van der Waals surface area contributed by atoms with Crippen molar-refractivity contribution in [3.63, 3.8) is 0 Å². The van der Waals surface area contributed by atoms with Gasteiger partial charge in [0.15, 0.2) is 0 Å². The van der Waals surface area contributed by atoms with E-state index in [0.717, 1.165) is 29.4 Å². The molecular formula is C23H16N4Pt. The molecule has 0 atom stereocenters. The number of hydrogen-bond donors (Lipinski definition) is 0. The minimum atomic E-state index is 0. The number of rotatable bonds is 2. The van der Waals surface area contributed by atoms with Crippen molar-refractivity contribution in [2.45, 2.75) is 0 Å². The van der Waals surface area contributed by atoms with Gasteiger partial charge in [0.05, 0.1) is 0 Å². The Morgan fingerprint density at radius 2 is 1.21 bits per heavy atom. The Hall–Kier alpha value is -2.71. The van der Waals surface area contributed by atoms with E-state index in [1.54, 1.807) is 0 Å². The maximum atomic E-state index is 3.35. The van der Waals surface area contributed by atoms with Crippen LogP contribution in [0.15, 0.2) is 72.3 Å². The van der Waals surface area contributed by atoms with Crippen LogP contribution in [0.3, 0.4) is 0 Å². The Bertz CT molecular complexity index is 969. The van der Waals surface area contributed by atoms with Gasteiger partial charge in [0.2, 0.25) is 0 Å². The third-order valence-electron chi connectivity index (χ3n) is 5.09. The van der Waals surface area contributed by atoms with Crippen molar-refractivity contribution < 1.29 is 21.1 Å². The molecule has 5 heteroatoms. The third kappa shape index (κ3) is 2.71. The van der Waals surface area contributed by atoms with E-state index < -0.39 is 0 Å². The van der Waals surface area contributed by atoms with Crippen LogP contribution in [0.25, 0.3) is 12.2 Å². The summed E-state index contributed by atoms with van der Waals surface area (Å²) in [6, 6.07) is 18.9. The fourth-order valence-corrected chi connectivity index (χ4v) is 3.84. The first-order chi connectivity index (χ1) is 13.3. The van der Waals surface area contributed by atoms with Gasteiger partial charge in [0.25, 0.3) is 0 Å². The minimum absolute atomic E-state index is 0. The summed E-state index contributed by atoms with van der Waals surface area (Å²) in [6.45, 7) is 5.01. The molecule has 0 saturated carbocycles. The first kappa shape index (κ1) is 17.4. The monoisotopic (exact) mass is 543 g/mol. The molecule has 0 aliphatic carbocycles. The second kappa shape index (κ2) is 6.72. The molecule has 4 nitrogen and oxygen atoms in total. The van der Waals surface area contributed by atoms with E-state index in [1.165, 1.54) is 11.1 Å². The van der Waals surface area contributed by atoms with Gasteiger partial charge in [-0.2, -0.15) is 61.9 Å². The molecule has 4 aliphatic heterocycles. The molecule has 0 unspecified atom stereocenters. The Labute approximate surface area is 179 Å². The van der Waals surface area contributed by atoms with Crippen LogP contribution in [-0.2, 0) is 21.1 Å². The van der Waals surface area contributed by atoms with E-state index in [1.807, 2.05) is 24.3 Å². The second-order valence-electron chi connectivity index (χ2n) is 6.86. The van der Waals surface area contributed by atoms with Gasteiger partial charge >= 0.3 is 21.1 Å². The number of allylic oxidation sites excluding steroid dienone is 2. The molecule has 4 heterocycles. The molecule has 138 valence electrons. The minimum Gasteiger partial charge on any atom is -0.494 e. The Morgan fingerprint density at radius 1 is 0.714 bits per heavy atom. The van der Waals surface area contributed by atoms with Crippen molar-refractivity contribution in [2.24, 2.45) is 0 Å². The van der Waals surface area contributed by atoms with Gasteiger partial charge in [0.1, 0.15) is 0 Å². The maximum Gasteiger partial charge on any atom is 4.00 e. The number of anilines is 2. The van der Waals surface area contributed by atoms with Crippen LogP contribution >= 0.6 is 0 Å². The molecule has 2 aromatic rings. The summed E-state index contributed by atoms with van der Waals surface area (Å²) < 4.78 is 0. The molecule has 0 amide bonds. The SMILES string of the molecule is [Pt+4].[c-]1cccc2c1N1[CH-]N(CN3C=C4C=Cc5ccc[c-]c5N4[CH-]3)C=C1C=C2. The van der Waals surface area contributed by atoms with Crippen molar-refractivity contribution in [2.75, 3.05) is 16.5 Å². The van der Waals surface area contributed by atoms with E-state index in [-0.39, 0.29) is 21.1 Å². The van der Waals surface area contributed by atoms with Gasteiger partial charge in [-0.15, -0.1) is 23.3 Å². The van der Waals surface area contributed by atoms with Crippen LogP contribution in [-0.4, -0.2) is 16.5 Å². The molecule has 6 rings (SSSR count). The van der Waals surface area contributed by atoms with Crippen LogP contribution in [0.4, 0.5) is 11.4 Å². The molecule has 4 aliphatic rings. The summed E-state index contributed by atoms with van der Waals surface area (Å²) in [4.78, 5) is 8.77. The molecule has 2 aromatic carbocycles. The topological polar surface area (TPSA) is 13.0 Å². The Balaban J connectivity index is 0.00000171. The average molecular weight is 543 g/mol. The molecule has 28 heavy (non-hydrogen) atoms. The smallest absolute Gasteiger partial charge is 0.494 e. The van der Waals surface area contributed by atoms with E-state index in [2.05, 4.69) is 93.9 Å². The predicted molar refractivity (Wildman–Crippen MR) is 107 cm³/mol. The number of hydrogen-bond acceptors (Lipinski definition) is 4. The standard InChI is InChI=1S/C23H16N4.Pt/c1-3-7-22-18(5-1)9-11-20-13-24(16-26(20)22)15-25-14-21-12-10-19-6-2-4-8-23(19)27(21)17-25;/h1-6,9-14,16-17H,15H2;/q-4;+4. The largest absolute Gasteiger partial charge is 4.00 e. The summed E-state index contributed by atoms with van der Waals surface area (Å²) in [5.41, 5.74) is 6.90. The Kier molecular flexibility index (Phi) is 4.17. The second-order valence-corrected chi connectivity index (χ2v) is 6.86. The number of para-hydroxylation sites is 2. The van der Waals surface area contributed by atoms with Gasteiger partial charge in [-0.3, -0.25) is 0 Å². The zero-order chi connectivity index (χ0) is 17.8. The molecule has 0 spiro atoms. The van der Waals surface area contributed by atoms with Crippen LogP contribution in [0, 0.1) is 25.5 Å². The van der Waals surface area contributed by atoms with Crippen LogP contribution < -0.4 is 9.80 Å². The molecule has 0 saturated heterocycles. The van der Waals surface area contributed by atoms with Gasteiger partial charge in [-0.05, 0) is 12.4 Å². The molecule has 0 bridgehead atoms. The van der Waals surface area contributed by atoms with Gasteiger partial charge in [-0.1, -0.05) is 23.5 Å². The predicted octanol–water partition coefficient (Wildman–Crippen LogP) is 4.16. The van der Waals surface area contributed by atoms with Gasteiger partial charge < -0.3 is 19.6 Å². The van der Waals surface area contributed by atoms with Crippen molar-refractivity contribution >= 4 is 23.5 Å². The fraction of sp³-hybridized carbons (Fsp3) is 0.0435. The molecular weight excluding hydrogens is 527 g/mol. The number of benzene rings is 2. The molecule has 0 N–H and O–H groups in total. The molecule has 0 aromatic heterocycles. The van der Waals surface area contributed by atoms with E-state index >= 15 is 0 Å². The summed E-state index contributed by atoms with van der Waals surface area (Å²) in [7, 11) is 0. The first-order valence-corrected chi connectivity index (χ1v) is 8.96. The van der Waals surface area contributed by atoms with Crippen LogP contribution in [0.2, 0.25) is 0 Å². The van der Waals surface area contributed by atoms with Crippen LogP contribution in [0.5, 0.6) is 0 Å². The van der Waals surface area contributed by atoms with Crippen molar-refractivity contribution in [3.8, 4) is 0 Å². The summed E-state index contributed by atoms with van der Waals surface area (Å²) >= 11 is 0. The Morgan fingerprint density at radius 3 is 1.71 bits per heavy atom. The first-order valence-electron chi connectivity index (χ1n) is 8.96. The summed E-state index contributed by atoms with van der Waals surface area (Å²) in [6.07, 6.45) is 12.9. The van der Waals surface area contributed by atoms with Gasteiger partial charge in [-0.25, -0.2) is 0 Å². The molecule has 0 fully saturated rings. The average Bonchev–Trinajstić information content (AvgIpc) is 3.31.